The molecule has 0 amide bonds. The lowest BCUT2D eigenvalue weighted by molar-refractivity contribution is 0.415. The molecule has 1 aromatic carbocycles. The van der Waals surface area contributed by atoms with Gasteiger partial charge < -0.3 is 15.4 Å². The van der Waals surface area contributed by atoms with Crippen molar-refractivity contribution in [1.29, 1.82) is 0 Å². The van der Waals surface area contributed by atoms with E-state index in [0.717, 1.165) is 23.9 Å². The molecular weight excluding hydrogens is 320 g/mol. The van der Waals surface area contributed by atoms with Crippen LogP contribution in [0.15, 0.2) is 34.5 Å². The molecule has 2 aromatic rings. The molecule has 2 rings (SSSR count). The number of rotatable bonds is 9. The van der Waals surface area contributed by atoms with Gasteiger partial charge in [0.05, 0.1) is 5.52 Å². The Labute approximate surface area is 148 Å². The maximum absolute atomic E-state index is 10.5. The third kappa shape index (κ3) is 4.77. The van der Waals surface area contributed by atoms with Crippen molar-refractivity contribution in [3.8, 4) is 5.88 Å². The first-order valence-electron chi connectivity index (χ1n) is 8.66. The van der Waals surface area contributed by atoms with Crippen LogP contribution >= 0.6 is 12.2 Å². The summed E-state index contributed by atoms with van der Waals surface area (Å²) in [6.07, 6.45) is 8.64. The van der Waals surface area contributed by atoms with Gasteiger partial charge in [-0.15, -0.1) is 10.2 Å². The third-order valence-electron chi connectivity index (χ3n) is 4.15. The first-order chi connectivity index (χ1) is 11.6. The zero-order chi connectivity index (χ0) is 17.4. The fourth-order valence-corrected chi connectivity index (χ4v) is 2.96. The van der Waals surface area contributed by atoms with Crippen LogP contribution in [0, 0.1) is 0 Å². The highest BCUT2D eigenvalue weighted by Gasteiger charge is 2.15. The van der Waals surface area contributed by atoms with Gasteiger partial charge in [0.25, 0.3) is 0 Å². The third-order valence-corrected chi connectivity index (χ3v) is 4.23. The van der Waals surface area contributed by atoms with Gasteiger partial charge in [-0.05, 0) is 24.7 Å². The average molecular weight is 347 g/mol. The number of azo groups is 1. The van der Waals surface area contributed by atoms with Crippen LogP contribution in [0.4, 0.5) is 5.69 Å². The summed E-state index contributed by atoms with van der Waals surface area (Å²) >= 11 is 4.73. The summed E-state index contributed by atoms with van der Waals surface area (Å²) < 4.78 is 1.90. The molecule has 0 aliphatic rings. The Morgan fingerprint density at radius 3 is 2.50 bits per heavy atom. The Kier molecular flexibility index (Phi) is 7.18. The maximum Gasteiger partial charge on any atom is 0.220 e. The number of aromatic nitrogens is 1. The average Bonchev–Trinajstić information content (AvgIpc) is 2.84. The highest BCUT2D eigenvalue weighted by atomic mass is 32.1. The second-order valence-corrected chi connectivity index (χ2v) is 6.42. The van der Waals surface area contributed by atoms with E-state index >= 15 is 0 Å². The van der Waals surface area contributed by atoms with E-state index in [9.17, 15) is 5.11 Å². The minimum absolute atomic E-state index is 0.0432. The molecule has 0 aliphatic heterocycles. The quantitative estimate of drug-likeness (QED) is 0.361. The maximum atomic E-state index is 10.5. The van der Waals surface area contributed by atoms with E-state index in [2.05, 4.69) is 17.2 Å². The van der Waals surface area contributed by atoms with E-state index in [-0.39, 0.29) is 11.0 Å². The van der Waals surface area contributed by atoms with E-state index in [1.165, 1.54) is 38.5 Å². The van der Waals surface area contributed by atoms with Crippen LogP contribution < -0.4 is 5.73 Å². The molecule has 0 aliphatic carbocycles. The van der Waals surface area contributed by atoms with Gasteiger partial charge in [-0.25, -0.2) is 0 Å². The van der Waals surface area contributed by atoms with Gasteiger partial charge >= 0.3 is 0 Å². The van der Waals surface area contributed by atoms with Crippen LogP contribution in [0.1, 0.15) is 51.9 Å². The molecule has 0 radical (unpaired) electrons. The fraction of sp³-hybridized carbons (Fsp3) is 0.500. The zero-order valence-electron chi connectivity index (χ0n) is 14.2. The summed E-state index contributed by atoms with van der Waals surface area (Å²) in [6, 6.07) is 7.78. The van der Waals surface area contributed by atoms with E-state index in [0.29, 0.717) is 5.69 Å². The van der Waals surface area contributed by atoms with Crippen molar-refractivity contribution in [1.82, 2.24) is 4.57 Å². The summed E-state index contributed by atoms with van der Waals surface area (Å²) in [5.41, 5.74) is 6.76. The first kappa shape index (κ1) is 18.4. The fourth-order valence-electron chi connectivity index (χ4n) is 2.92. The molecule has 0 atom stereocenters. The standard InChI is InChI=1S/C18H26N4OS/c1-2-3-4-5-6-7-10-13-22-15-12-9-8-11-14(15)16(17(22)23)20-21-18(19)24/h8-9,11-12,23H,2-7,10,13H2,1H3,(H2,19,24). The Morgan fingerprint density at radius 2 is 1.79 bits per heavy atom. The Balaban J connectivity index is 2.07. The van der Waals surface area contributed by atoms with Crippen molar-refractivity contribution in [3.63, 3.8) is 0 Å². The molecule has 1 aromatic heterocycles. The van der Waals surface area contributed by atoms with Crippen molar-refractivity contribution in [2.45, 2.75) is 58.4 Å². The predicted octanol–water partition coefficient (Wildman–Crippen LogP) is 5.42. The van der Waals surface area contributed by atoms with E-state index in [1.807, 2.05) is 28.8 Å². The Bertz CT molecular complexity index is 708. The van der Waals surface area contributed by atoms with Crippen molar-refractivity contribution in [2.75, 3.05) is 0 Å². The lowest BCUT2D eigenvalue weighted by atomic mass is 10.1. The van der Waals surface area contributed by atoms with Crippen molar-refractivity contribution >= 4 is 33.9 Å². The van der Waals surface area contributed by atoms with E-state index in [4.69, 9.17) is 18.0 Å². The highest BCUT2D eigenvalue weighted by molar-refractivity contribution is 7.80. The number of thiocarbonyl (C=S) groups is 1. The topological polar surface area (TPSA) is 75.9 Å². The minimum Gasteiger partial charge on any atom is -0.493 e. The number of unbranched alkanes of at least 4 members (excludes halogenated alkanes) is 6. The number of nitrogens with two attached hydrogens (primary N) is 1. The van der Waals surface area contributed by atoms with Crippen molar-refractivity contribution in [3.05, 3.63) is 24.3 Å². The summed E-state index contributed by atoms with van der Waals surface area (Å²) in [7, 11) is 0. The predicted molar refractivity (Wildman–Crippen MR) is 103 cm³/mol. The Morgan fingerprint density at radius 1 is 1.12 bits per heavy atom. The largest absolute Gasteiger partial charge is 0.493 e. The van der Waals surface area contributed by atoms with Crippen LogP contribution in [0.25, 0.3) is 10.9 Å². The van der Waals surface area contributed by atoms with Crippen LogP contribution in [0.2, 0.25) is 0 Å². The minimum atomic E-state index is -0.0432. The summed E-state index contributed by atoms with van der Waals surface area (Å²) in [5.74, 6) is 0.127. The zero-order valence-corrected chi connectivity index (χ0v) is 15.1. The smallest absolute Gasteiger partial charge is 0.220 e. The molecule has 1 heterocycles. The first-order valence-corrected chi connectivity index (χ1v) is 9.07. The SMILES string of the molecule is CCCCCCCCCn1c(O)c(N=NC(N)=S)c2ccccc21. The Hall–Kier alpha value is -1.95. The number of para-hydroxylation sites is 1. The van der Waals surface area contributed by atoms with Gasteiger partial charge in [0.2, 0.25) is 11.0 Å². The van der Waals surface area contributed by atoms with Crippen LogP contribution in [0.5, 0.6) is 5.88 Å². The van der Waals surface area contributed by atoms with Gasteiger partial charge in [0.15, 0.2) is 5.69 Å². The molecule has 0 saturated carbocycles. The van der Waals surface area contributed by atoms with E-state index in [1.54, 1.807) is 0 Å². The number of fused-ring (bicyclic) bond motifs is 1. The molecule has 0 fully saturated rings. The summed E-state index contributed by atoms with van der Waals surface area (Å²) in [5, 5.41) is 19.1. The van der Waals surface area contributed by atoms with E-state index < -0.39 is 0 Å². The van der Waals surface area contributed by atoms with Gasteiger partial charge in [0.1, 0.15) is 0 Å². The number of hydrogen-bond acceptors (Lipinski definition) is 3. The molecule has 0 saturated heterocycles. The molecule has 130 valence electrons. The van der Waals surface area contributed by atoms with Gasteiger partial charge in [-0.2, -0.15) is 0 Å². The number of nitrogens with zero attached hydrogens (tertiary/aromatic N) is 3. The van der Waals surface area contributed by atoms with Crippen molar-refractivity contribution < 1.29 is 5.11 Å². The number of benzene rings is 1. The normalized spacial score (nSPS) is 11.5. The lowest BCUT2D eigenvalue weighted by Gasteiger charge is -2.07. The van der Waals surface area contributed by atoms with Crippen LogP contribution in [-0.4, -0.2) is 14.8 Å². The monoisotopic (exact) mass is 346 g/mol. The second-order valence-electron chi connectivity index (χ2n) is 6.00. The second kappa shape index (κ2) is 9.37. The molecule has 0 unspecified atom stereocenters. The molecule has 5 nitrogen and oxygen atoms in total. The van der Waals surface area contributed by atoms with Gasteiger partial charge in [-0.1, -0.05) is 63.6 Å². The number of aromatic hydroxyl groups is 1. The van der Waals surface area contributed by atoms with Crippen LogP contribution in [0.3, 0.4) is 0 Å². The van der Waals surface area contributed by atoms with Gasteiger partial charge in [0, 0.05) is 11.9 Å². The molecule has 3 N–H and O–H groups in total. The summed E-state index contributed by atoms with van der Waals surface area (Å²) in [6.45, 7) is 2.99. The molecule has 6 heteroatoms. The summed E-state index contributed by atoms with van der Waals surface area (Å²) in [4.78, 5) is 0. The number of aryl methyl sites for hydroxylation is 1. The molecule has 0 spiro atoms. The van der Waals surface area contributed by atoms with Crippen LogP contribution in [-0.2, 0) is 6.54 Å². The number of hydrogen-bond donors (Lipinski definition) is 2. The molecule has 0 bridgehead atoms. The van der Waals surface area contributed by atoms with Gasteiger partial charge in [-0.3, -0.25) is 0 Å². The highest BCUT2D eigenvalue weighted by Crippen LogP contribution is 2.39. The molecule has 24 heavy (non-hydrogen) atoms. The lowest BCUT2D eigenvalue weighted by Crippen LogP contribution is -2.01. The molecular formula is C18H26N4OS. The van der Waals surface area contributed by atoms with Crippen molar-refractivity contribution in [2.24, 2.45) is 16.0 Å².